The minimum atomic E-state index is -4.56. The van der Waals surface area contributed by atoms with Crippen molar-refractivity contribution >= 4 is 67.1 Å². The maximum atomic E-state index is 13.5. The van der Waals surface area contributed by atoms with Crippen LogP contribution in [-0.4, -0.2) is 25.5 Å². The number of ether oxygens (including phenoxy) is 1. The van der Waals surface area contributed by atoms with E-state index >= 15 is 0 Å². The zero-order valence-electron chi connectivity index (χ0n) is 21.7. The standard InChI is InChI=1S/C27H23Cl2N3O6S.Na/c1-3-17-23(39(35,36)37)12-11-21(29)24(17)31-32-25-18-8-6-5-7-15(18)13-19(26(25)33)27(34)30-16-9-10-20(28)22(14-16)38-4-2;/h5-14,33H,3-4H2,1-2H3,(H,30,34)(H,35,36,37);/q;+1/p-1. The van der Waals surface area contributed by atoms with Gasteiger partial charge in [0.05, 0.1) is 27.2 Å². The second kappa shape index (κ2) is 13.3. The van der Waals surface area contributed by atoms with Gasteiger partial charge in [-0.3, -0.25) is 9.35 Å². The van der Waals surface area contributed by atoms with Crippen molar-refractivity contribution < 1.29 is 57.2 Å². The number of halogens is 2. The van der Waals surface area contributed by atoms with Crippen LogP contribution in [0.3, 0.4) is 0 Å². The van der Waals surface area contributed by atoms with Crippen LogP contribution in [0.5, 0.6) is 11.5 Å². The van der Waals surface area contributed by atoms with E-state index in [9.17, 15) is 22.9 Å². The number of rotatable bonds is 8. The molecular weight excluding hydrogens is 588 g/mol. The molecule has 0 bridgehead atoms. The summed E-state index contributed by atoms with van der Waals surface area (Å²) in [6.45, 7) is 3.83. The molecule has 0 atom stereocenters. The molecule has 4 aromatic rings. The van der Waals surface area contributed by atoms with E-state index in [0.717, 1.165) is 0 Å². The fraction of sp³-hybridized carbons (Fsp3) is 0.148. The maximum absolute atomic E-state index is 13.5. The SMILES string of the molecule is CCOc1cc(NC(=O)c2cc3ccccc3c(N=Nc3c(Cl)ccc(S(=O)(=O)O)c3CC)c2[O-])ccc1Cl.[Na+]. The number of azo groups is 1. The fourth-order valence-electron chi connectivity index (χ4n) is 4.00. The smallest absolute Gasteiger partial charge is 0.870 e. The Kier molecular flexibility index (Phi) is 10.6. The first-order valence-electron chi connectivity index (χ1n) is 11.7. The van der Waals surface area contributed by atoms with Crippen LogP contribution in [0, 0.1) is 0 Å². The topological polar surface area (TPSA) is 140 Å². The molecule has 0 heterocycles. The third-order valence-electron chi connectivity index (χ3n) is 5.78. The van der Waals surface area contributed by atoms with E-state index in [4.69, 9.17) is 27.9 Å². The molecule has 0 saturated heterocycles. The van der Waals surface area contributed by atoms with Gasteiger partial charge in [-0.25, -0.2) is 0 Å². The molecular formula is C27H22Cl2N3NaO6S. The molecule has 0 aliphatic rings. The van der Waals surface area contributed by atoms with E-state index in [1.165, 1.54) is 18.2 Å². The van der Waals surface area contributed by atoms with Gasteiger partial charge in [0.15, 0.2) is 0 Å². The van der Waals surface area contributed by atoms with Gasteiger partial charge in [-0.2, -0.15) is 13.5 Å². The van der Waals surface area contributed by atoms with Crippen LogP contribution in [0.15, 0.2) is 75.8 Å². The van der Waals surface area contributed by atoms with E-state index in [1.807, 2.05) is 0 Å². The van der Waals surface area contributed by atoms with Gasteiger partial charge in [0, 0.05) is 28.3 Å². The van der Waals surface area contributed by atoms with Crippen molar-refractivity contribution in [1.82, 2.24) is 0 Å². The predicted octanol–water partition coefficient (Wildman–Crippen LogP) is 4.10. The summed E-state index contributed by atoms with van der Waals surface area (Å²) < 4.78 is 38.8. The van der Waals surface area contributed by atoms with Crippen molar-refractivity contribution in [3.05, 3.63) is 81.8 Å². The number of hydrogen-bond donors (Lipinski definition) is 2. The first-order chi connectivity index (χ1) is 18.5. The second-order valence-electron chi connectivity index (χ2n) is 8.26. The van der Waals surface area contributed by atoms with Crippen molar-refractivity contribution in [1.29, 1.82) is 0 Å². The Morgan fingerprint density at radius 3 is 2.35 bits per heavy atom. The summed E-state index contributed by atoms with van der Waals surface area (Å²) in [5.74, 6) is -1.01. The van der Waals surface area contributed by atoms with Gasteiger partial charge in [0.25, 0.3) is 16.0 Å². The fourth-order valence-corrected chi connectivity index (χ4v) is 5.18. The Balaban J connectivity index is 0.00000441. The minimum Gasteiger partial charge on any atom is -0.870 e. The molecule has 0 unspecified atom stereocenters. The first kappa shape index (κ1) is 31.8. The predicted molar refractivity (Wildman–Crippen MR) is 149 cm³/mol. The van der Waals surface area contributed by atoms with Crippen LogP contribution >= 0.6 is 23.2 Å². The number of carbonyl (C=O) groups excluding carboxylic acids is 1. The van der Waals surface area contributed by atoms with Gasteiger partial charge >= 0.3 is 29.6 Å². The molecule has 1 amide bonds. The molecule has 0 spiro atoms. The minimum absolute atomic E-state index is 0. The average Bonchev–Trinajstić information content (AvgIpc) is 2.89. The van der Waals surface area contributed by atoms with Gasteiger partial charge in [-0.05, 0) is 49.1 Å². The van der Waals surface area contributed by atoms with Gasteiger partial charge in [0.2, 0.25) is 0 Å². The number of hydrogen-bond acceptors (Lipinski definition) is 7. The van der Waals surface area contributed by atoms with Crippen LogP contribution < -0.4 is 44.7 Å². The van der Waals surface area contributed by atoms with Gasteiger partial charge < -0.3 is 15.2 Å². The van der Waals surface area contributed by atoms with Crippen molar-refractivity contribution in [2.75, 3.05) is 11.9 Å². The van der Waals surface area contributed by atoms with Crippen LogP contribution in [0.4, 0.5) is 17.1 Å². The Labute approximate surface area is 263 Å². The molecule has 0 radical (unpaired) electrons. The van der Waals surface area contributed by atoms with E-state index in [1.54, 1.807) is 56.3 Å². The number of nitrogens with zero attached hydrogens (tertiary/aromatic N) is 2. The monoisotopic (exact) mass is 609 g/mol. The van der Waals surface area contributed by atoms with Crippen LogP contribution in [0.2, 0.25) is 10.0 Å². The molecule has 40 heavy (non-hydrogen) atoms. The van der Waals surface area contributed by atoms with E-state index in [2.05, 4.69) is 15.5 Å². The summed E-state index contributed by atoms with van der Waals surface area (Å²) in [5.41, 5.74) is 0.151. The molecule has 4 rings (SSSR count). The summed E-state index contributed by atoms with van der Waals surface area (Å²) in [6.07, 6.45) is 0.155. The summed E-state index contributed by atoms with van der Waals surface area (Å²) in [5, 5.41) is 25.8. The normalized spacial score (nSPS) is 11.4. The first-order valence-corrected chi connectivity index (χ1v) is 13.9. The number of fused-ring (bicyclic) bond motifs is 1. The summed E-state index contributed by atoms with van der Waals surface area (Å²) >= 11 is 12.4. The van der Waals surface area contributed by atoms with Crippen LogP contribution in [-0.2, 0) is 16.5 Å². The number of amides is 1. The number of benzene rings is 4. The second-order valence-corrected chi connectivity index (χ2v) is 10.5. The number of nitrogens with one attached hydrogen (secondary N) is 1. The molecule has 0 fully saturated rings. The molecule has 0 aliphatic carbocycles. The van der Waals surface area contributed by atoms with Gasteiger partial charge in [-0.1, -0.05) is 60.1 Å². The van der Waals surface area contributed by atoms with Crippen molar-refractivity contribution in [3.8, 4) is 11.5 Å². The molecule has 202 valence electrons. The Morgan fingerprint density at radius 2 is 1.68 bits per heavy atom. The van der Waals surface area contributed by atoms with Crippen molar-refractivity contribution in [3.63, 3.8) is 0 Å². The van der Waals surface area contributed by atoms with E-state index in [-0.39, 0.29) is 68.4 Å². The maximum Gasteiger partial charge on any atom is 1.00 e. The summed E-state index contributed by atoms with van der Waals surface area (Å²) in [6, 6.07) is 15.4. The van der Waals surface area contributed by atoms with Gasteiger partial charge in [0.1, 0.15) is 11.4 Å². The zero-order valence-corrected chi connectivity index (χ0v) is 26.1. The Hall–Kier alpha value is -2.70. The average molecular weight is 610 g/mol. The Bertz CT molecular complexity index is 1730. The molecule has 13 heteroatoms. The molecule has 9 nitrogen and oxygen atoms in total. The molecule has 0 aliphatic heterocycles. The third kappa shape index (κ3) is 6.77. The Morgan fingerprint density at radius 1 is 1.00 bits per heavy atom. The number of anilines is 1. The van der Waals surface area contributed by atoms with Crippen molar-refractivity contribution in [2.24, 2.45) is 10.2 Å². The molecule has 4 aromatic carbocycles. The van der Waals surface area contributed by atoms with E-state index < -0.39 is 21.8 Å². The largest absolute Gasteiger partial charge is 1.00 e. The van der Waals surface area contributed by atoms with Crippen molar-refractivity contribution in [2.45, 2.75) is 25.2 Å². The molecule has 2 N–H and O–H groups in total. The van der Waals surface area contributed by atoms with Crippen LogP contribution in [0.1, 0.15) is 29.8 Å². The zero-order chi connectivity index (χ0) is 28.3. The van der Waals surface area contributed by atoms with Crippen LogP contribution in [0.25, 0.3) is 10.8 Å². The third-order valence-corrected chi connectivity index (χ3v) is 7.34. The number of carbonyl (C=O) groups is 1. The molecule has 0 saturated carbocycles. The van der Waals surface area contributed by atoms with Gasteiger partial charge in [-0.15, -0.1) is 5.11 Å². The quantitative estimate of drug-likeness (QED) is 0.175. The molecule has 0 aromatic heterocycles. The summed E-state index contributed by atoms with van der Waals surface area (Å²) in [7, 11) is -4.56. The van der Waals surface area contributed by atoms with E-state index in [0.29, 0.717) is 33.8 Å². The summed E-state index contributed by atoms with van der Waals surface area (Å²) in [4.78, 5) is 12.8.